The van der Waals surface area contributed by atoms with Gasteiger partial charge in [0.25, 0.3) is 0 Å². The van der Waals surface area contributed by atoms with Gasteiger partial charge in [0.15, 0.2) is 23.2 Å². The van der Waals surface area contributed by atoms with Gasteiger partial charge >= 0.3 is 19.3 Å². The van der Waals surface area contributed by atoms with Crippen LogP contribution >= 0.6 is 39.1 Å². The van der Waals surface area contributed by atoms with Crippen molar-refractivity contribution in [1.82, 2.24) is 9.80 Å². The molecule has 0 saturated carbocycles. The number of benzene rings is 2. The summed E-state index contributed by atoms with van der Waals surface area (Å²) in [4.78, 5) is 32.3. The fraction of sp³-hybridized carbons (Fsp3) is 0.622. The van der Waals surface area contributed by atoms with Gasteiger partial charge in [0.05, 0.1) is 11.2 Å². The van der Waals surface area contributed by atoms with Gasteiger partial charge in [0.1, 0.15) is 11.2 Å². The van der Waals surface area contributed by atoms with E-state index in [2.05, 4.69) is 89.8 Å². The molecule has 10 nitrogen and oxygen atoms in total. The quantitative estimate of drug-likeness (QED) is 0.224. The second-order valence-corrected chi connectivity index (χ2v) is 16.5. The number of hydrogen-bond acceptors (Lipinski definition) is 8. The van der Waals surface area contributed by atoms with Gasteiger partial charge in [-0.05, 0) is 111 Å². The molecule has 0 N–H and O–H groups in total. The number of amides is 2. The molecule has 0 radical (unpaired) electrons. The molecule has 2 aromatic carbocycles. The first-order valence-corrected chi connectivity index (χ1v) is 18.7. The van der Waals surface area contributed by atoms with Crippen molar-refractivity contribution in [2.45, 2.75) is 99.1 Å². The predicted molar refractivity (Wildman–Crippen MR) is 218 cm³/mol. The topological polar surface area (TPSA) is 84.0 Å². The van der Waals surface area contributed by atoms with E-state index in [1.165, 1.54) is 5.69 Å². The Morgan fingerprint density at radius 1 is 0.667 bits per heavy atom. The van der Waals surface area contributed by atoms with Crippen LogP contribution in [0.5, 0.6) is 0 Å². The van der Waals surface area contributed by atoms with E-state index in [0.717, 1.165) is 41.8 Å². The Bertz CT molecular complexity index is 1370. The number of nitrogens with zero attached hydrogens (tertiary/aromatic N) is 4. The summed E-state index contributed by atoms with van der Waals surface area (Å²) in [7, 11) is -0.344. The average Bonchev–Trinajstić information content (AvgIpc) is 3.27. The van der Waals surface area contributed by atoms with Crippen LogP contribution < -0.4 is 15.3 Å². The van der Waals surface area contributed by atoms with Crippen LogP contribution in [-0.4, -0.2) is 104 Å². The van der Waals surface area contributed by atoms with Gasteiger partial charge < -0.3 is 38.4 Å². The number of ether oxygens (including phenoxy) is 2. The fourth-order valence-corrected chi connectivity index (χ4v) is 5.69. The van der Waals surface area contributed by atoms with Crippen molar-refractivity contribution in [3.8, 4) is 0 Å². The number of carbonyl (C=O) groups is 2. The first-order chi connectivity index (χ1) is 23.2. The van der Waals surface area contributed by atoms with Crippen LogP contribution in [0.3, 0.4) is 0 Å². The molecule has 3 saturated heterocycles. The van der Waals surface area contributed by atoms with Gasteiger partial charge in [-0.15, -0.1) is 0 Å². The molecule has 0 aliphatic carbocycles. The van der Waals surface area contributed by atoms with Gasteiger partial charge in [0, 0.05) is 68.2 Å². The maximum Gasteiger partial charge on any atom is 0.494 e. The molecule has 3 aliphatic heterocycles. The number of hydrogen-bond donors (Lipinski definition) is 0. The average molecular weight is 892 g/mol. The van der Waals surface area contributed by atoms with Crippen LogP contribution in [-0.2, 0) is 18.8 Å². The minimum absolute atomic E-state index is 0. The van der Waals surface area contributed by atoms with Gasteiger partial charge in [0.2, 0.25) is 0 Å². The summed E-state index contributed by atoms with van der Waals surface area (Å²) >= 11 is 4.09. The summed E-state index contributed by atoms with van der Waals surface area (Å²) in [5.74, 6) is 0. The van der Waals surface area contributed by atoms with E-state index in [1.807, 2.05) is 53.7 Å². The van der Waals surface area contributed by atoms with E-state index in [1.54, 1.807) is 9.80 Å². The molecule has 286 valence electrons. The Morgan fingerprint density at radius 2 is 0.980 bits per heavy atom. The van der Waals surface area contributed by atoms with E-state index in [4.69, 9.17) is 18.8 Å². The first kappa shape index (κ1) is 44.9. The van der Waals surface area contributed by atoms with Crippen LogP contribution in [0.15, 0.2) is 53.0 Å². The predicted octanol–water partition coefficient (Wildman–Crippen LogP) is 8.49. The smallest absolute Gasteiger partial charge is 0.444 e. The molecule has 3 aliphatic rings. The van der Waals surface area contributed by atoms with Crippen LogP contribution in [0.4, 0.5) is 23.8 Å². The summed E-state index contributed by atoms with van der Waals surface area (Å²) < 4.78 is 33.7. The van der Waals surface area contributed by atoms with Crippen molar-refractivity contribution in [1.29, 1.82) is 0 Å². The zero-order chi connectivity index (χ0) is 37.5. The third-order valence-electron chi connectivity index (χ3n) is 8.84. The van der Waals surface area contributed by atoms with Gasteiger partial charge in [-0.25, -0.2) is 9.59 Å². The number of carbonyl (C=O) groups excluding carboxylic acids is 2. The molecule has 14 heteroatoms. The van der Waals surface area contributed by atoms with E-state index >= 15 is 0 Å². The van der Waals surface area contributed by atoms with Gasteiger partial charge in [-0.2, -0.15) is 2.86 Å². The lowest BCUT2D eigenvalue weighted by Crippen LogP contribution is -2.50. The normalized spacial score (nSPS) is 18.4. The van der Waals surface area contributed by atoms with Crippen molar-refractivity contribution in [3.63, 3.8) is 0 Å². The SMILES string of the molecule is C.CC(C)(C)OC(=O)N1CCN(c2ccc(B3OC(C)(C)C(C)(C)O3)cc2)CC1.CC(C)(C)OC(=O)N1CCN(c2ccc(Br)cc2)CC1.FI. The zero-order valence-electron chi connectivity index (χ0n) is 31.2. The molecule has 0 unspecified atom stereocenters. The highest BCUT2D eigenvalue weighted by atomic mass is 127. The van der Waals surface area contributed by atoms with Crippen molar-refractivity contribution < 1.29 is 31.2 Å². The summed E-state index contributed by atoms with van der Waals surface area (Å²) in [5, 5.41) is 0. The molecule has 0 aromatic heterocycles. The number of halogens is 3. The lowest BCUT2D eigenvalue weighted by molar-refractivity contribution is 0.00578. The standard InChI is InChI=1S/C21H33BN2O4.C15H21BrN2O2.CH4.FI/c1-19(2,3)26-18(25)24-14-12-23(13-15-24)17-10-8-16(9-11-17)22-27-20(4,5)21(6,7)28-22;1-15(2,3)20-14(19)18-10-8-17(9-11-18)13-6-4-12(16)5-7-13;;1-2/h8-11H,12-15H2,1-7H3;4-7H,8-11H2,1-3H3;1H4;. The number of rotatable bonds is 3. The fourth-order valence-electron chi connectivity index (χ4n) is 5.42. The summed E-state index contributed by atoms with van der Waals surface area (Å²) in [6.07, 6.45) is -0.448. The minimum Gasteiger partial charge on any atom is -0.444 e. The lowest BCUT2D eigenvalue weighted by Gasteiger charge is -2.36. The molecule has 0 bridgehead atoms. The number of piperazine rings is 2. The number of anilines is 2. The highest BCUT2D eigenvalue weighted by Gasteiger charge is 2.51. The van der Waals surface area contributed by atoms with E-state index in [-0.39, 0.29) is 37.9 Å². The summed E-state index contributed by atoms with van der Waals surface area (Å²) in [5.41, 5.74) is 1.79. The van der Waals surface area contributed by atoms with Crippen LogP contribution in [0, 0.1) is 0 Å². The Labute approximate surface area is 328 Å². The second kappa shape index (κ2) is 18.6. The lowest BCUT2D eigenvalue weighted by atomic mass is 9.79. The molecule has 2 amide bonds. The van der Waals surface area contributed by atoms with Gasteiger partial charge in [-0.1, -0.05) is 35.5 Å². The molecule has 5 rings (SSSR count). The molecular formula is C37H58BBrFIN4O6. The highest BCUT2D eigenvalue weighted by molar-refractivity contribution is 14.1. The minimum atomic E-state index is -0.461. The maximum atomic E-state index is 12.2. The Hall–Kier alpha value is -2.30. The second-order valence-electron chi connectivity index (χ2n) is 15.6. The first-order valence-electron chi connectivity index (χ1n) is 17.0. The Kier molecular flexibility index (Phi) is 16.4. The van der Waals surface area contributed by atoms with Crippen molar-refractivity contribution in [2.75, 3.05) is 62.2 Å². The summed E-state index contributed by atoms with van der Waals surface area (Å²) in [6, 6.07) is 16.6. The molecule has 0 spiro atoms. The summed E-state index contributed by atoms with van der Waals surface area (Å²) in [6.45, 7) is 25.6. The van der Waals surface area contributed by atoms with E-state index in [9.17, 15) is 12.4 Å². The molecule has 0 atom stereocenters. The van der Waals surface area contributed by atoms with E-state index < -0.39 is 11.2 Å². The molecule has 3 fully saturated rings. The maximum absolute atomic E-state index is 12.2. The third-order valence-corrected chi connectivity index (χ3v) is 9.37. The Balaban J connectivity index is 0.000000347. The largest absolute Gasteiger partial charge is 0.494 e. The van der Waals surface area contributed by atoms with Gasteiger partial charge in [-0.3, -0.25) is 0 Å². The van der Waals surface area contributed by atoms with E-state index in [0.29, 0.717) is 49.3 Å². The highest BCUT2D eigenvalue weighted by Crippen LogP contribution is 2.36. The molecule has 51 heavy (non-hydrogen) atoms. The van der Waals surface area contributed by atoms with Crippen LogP contribution in [0.25, 0.3) is 0 Å². The molecule has 2 aromatic rings. The third kappa shape index (κ3) is 13.3. The zero-order valence-corrected chi connectivity index (χ0v) is 35.0. The molecule has 3 heterocycles. The van der Waals surface area contributed by atoms with Crippen molar-refractivity contribution in [2.24, 2.45) is 0 Å². The van der Waals surface area contributed by atoms with Crippen molar-refractivity contribution >= 4 is 75.2 Å². The van der Waals surface area contributed by atoms with Crippen LogP contribution in [0.2, 0.25) is 0 Å². The molecular weight excluding hydrogens is 833 g/mol. The van der Waals surface area contributed by atoms with Crippen LogP contribution in [0.1, 0.15) is 76.7 Å². The van der Waals surface area contributed by atoms with Crippen molar-refractivity contribution in [3.05, 3.63) is 53.0 Å². The Morgan fingerprint density at radius 3 is 1.29 bits per heavy atom. The monoisotopic (exact) mass is 890 g/mol.